The highest BCUT2D eigenvalue weighted by Crippen LogP contribution is 2.36. The van der Waals surface area contributed by atoms with Crippen LogP contribution in [0.3, 0.4) is 0 Å². The summed E-state index contributed by atoms with van der Waals surface area (Å²) in [6, 6.07) is 3.17. The van der Waals surface area contributed by atoms with Crippen LogP contribution in [0.15, 0.2) is 12.1 Å². The zero-order chi connectivity index (χ0) is 12.3. The van der Waals surface area contributed by atoms with Crippen molar-refractivity contribution in [1.82, 2.24) is 0 Å². The largest absolute Gasteiger partial charge is 0.508 e. The van der Waals surface area contributed by atoms with Gasteiger partial charge in [-0.25, -0.2) is 0 Å². The van der Waals surface area contributed by atoms with Gasteiger partial charge >= 0.3 is 0 Å². The predicted molar refractivity (Wildman–Crippen MR) is 63.2 cm³/mol. The fourth-order valence-electron chi connectivity index (χ4n) is 1.65. The monoisotopic (exact) mass is 225 g/mol. The third kappa shape index (κ3) is 3.03. The van der Waals surface area contributed by atoms with Gasteiger partial charge in [0.25, 0.3) is 0 Å². The minimum atomic E-state index is -0.369. The standard InChI is InChI=1S/C12H19NO3/c1-12(2,13)7-8-5-9(14)6-10(15-3)11(8)16-4/h5-6,14H,7,13H2,1-4H3. The van der Waals surface area contributed by atoms with Gasteiger partial charge in [-0.15, -0.1) is 0 Å². The molecule has 0 unspecified atom stereocenters. The van der Waals surface area contributed by atoms with Gasteiger partial charge in [0.05, 0.1) is 14.2 Å². The second-order valence-electron chi connectivity index (χ2n) is 4.51. The van der Waals surface area contributed by atoms with E-state index in [-0.39, 0.29) is 11.3 Å². The maximum absolute atomic E-state index is 9.57. The molecule has 0 fully saturated rings. The van der Waals surface area contributed by atoms with Crippen LogP contribution in [0.5, 0.6) is 17.2 Å². The molecule has 1 rings (SSSR count). The zero-order valence-electron chi connectivity index (χ0n) is 10.2. The van der Waals surface area contributed by atoms with E-state index in [1.54, 1.807) is 13.2 Å². The van der Waals surface area contributed by atoms with Crippen molar-refractivity contribution in [2.45, 2.75) is 25.8 Å². The molecule has 0 amide bonds. The Balaban J connectivity index is 3.20. The van der Waals surface area contributed by atoms with Crippen molar-refractivity contribution in [1.29, 1.82) is 0 Å². The molecule has 0 saturated carbocycles. The summed E-state index contributed by atoms with van der Waals surface area (Å²) in [6.07, 6.45) is 0.598. The van der Waals surface area contributed by atoms with Crippen LogP contribution in [0.25, 0.3) is 0 Å². The van der Waals surface area contributed by atoms with Crippen LogP contribution in [-0.4, -0.2) is 24.9 Å². The first-order valence-electron chi connectivity index (χ1n) is 5.10. The molecule has 1 aromatic rings. The summed E-state index contributed by atoms with van der Waals surface area (Å²) in [5.41, 5.74) is 6.43. The van der Waals surface area contributed by atoms with Crippen molar-refractivity contribution in [2.75, 3.05) is 14.2 Å². The van der Waals surface area contributed by atoms with Crippen molar-refractivity contribution in [3.8, 4) is 17.2 Å². The lowest BCUT2D eigenvalue weighted by atomic mass is 9.95. The number of hydrogen-bond acceptors (Lipinski definition) is 4. The second-order valence-corrected chi connectivity index (χ2v) is 4.51. The molecule has 1 aromatic carbocycles. The smallest absolute Gasteiger partial charge is 0.164 e. The summed E-state index contributed by atoms with van der Waals surface area (Å²) in [5, 5.41) is 9.57. The molecule has 0 aromatic heterocycles. The summed E-state index contributed by atoms with van der Waals surface area (Å²) in [5.74, 6) is 1.29. The number of hydrogen-bond donors (Lipinski definition) is 2. The maximum atomic E-state index is 9.57. The Morgan fingerprint density at radius 1 is 1.25 bits per heavy atom. The topological polar surface area (TPSA) is 64.7 Å². The van der Waals surface area contributed by atoms with E-state index in [9.17, 15) is 5.11 Å². The first kappa shape index (κ1) is 12.6. The minimum Gasteiger partial charge on any atom is -0.508 e. The van der Waals surface area contributed by atoms with Crippen molar-refractivity contribution in [3.63, 3.8) is 0 Å². The molecular weight excluding hydrogens is 206 g/mol. The SMILES string of the molecule is COc1cc(O)cc(CC(C)(C)N)c1OC. The third-order valence-electron chi connectivity index (χ3n) is 2.19. The molecule has 4 nitrogen and oxygen atoms in total. The van der Waals surface area contributed by atoms with Gasteiger partial charge < -0.3 is 20.3 Å². The molecule has 0 radical (unpaired) electrons. The molecule has 0 spiro atoms. The first-order chi connectivity index (χ1) is 7.37. The van der Waals surface area contributed by atoms with Gasteiger partial charge in [-0.2, -0.15) is 0 Å². The van der Waals surface area contributed by atoms with Gasteiger partial charge in [-0.3, -0.25) is 0 Å². The number of rotatable bonds is 4. The minimum absolute atomic E-state index is 0.150. The maximum Gasteiger partial charge on any atom is 0.164 e. The summed E-state index contributed by atoms with van der Waals surface area (Å²) < 4.78 is 10.4. The van der Waals surface area contributed by atoms with Crippen LogP contribution in [0.4, 0.5) is 0 Å². The molecule has 0 aliphatic heterocycles. The molecule has 90 valence electrons. The zero-order valence-corrected chi connectivity index (χ0v) is 10.2. The van der Waals surface area contributed by atoms with Crippen molar-refractivity contribution < 1.29 is 14.6 Å². The summed E-state index contributed by atoms with van der Waals surface area (Å²) >= 11 is 0. The number of nitrogens with two attached hydrogens (primary N) is 1. The van der Waals surface area contributed by atoms with E-state index < -0.39 is 0 Å². The van der Waals surface area contributed by atoms with Gasteiger partial charge in [0.2, 0.25) is 0 Å². The summed E-state index contributed by atoms with van der Waals surface area (Å²) in [6.45, 7) is 3.84. The van der Waals surface area contributed by atoms with Crippen LogP contribution in [-0.2, 0) is 6.42 Å². The highest BCUT2D eigenvalue weighted by Gasteiger charge is 2.18. The van der Waals surface area contributed by atoms with E-state index in [1.807, 2.05) is 13.8 Å². The predicted octanol–water partition coefficient (Wildman–Crippen LogP) is 1.69. The lowest BCUT2D eigenvalue weighted by Gasteiger charge is -2.21. The normalized spacial score (nSPS) is 11.3. The van der Waals surface area contributed by atoms with E-state index in [0.29, 0.717) is 17.9 Å². The molecule has 16 heavy (non-hydrogen) atoms. The van der Waals surface area contributed by atoms with Gasteiger partial charge in [-0.05, 0) is 26.3 Å². The number of ether oxygens (including phenoxy) is 2. The number of phenolic OH excluding ortho intramolecular Hbond substituents is 1. The molecule has 0 heterocycles. The molecular formula is C12H19NO3. The van der Waals surface area contributed by atoms with E-state index in [2.05, 4.69) is 0 Å². The van der Waals surface area contributed by atoms with Crippen molar-refractivity contribution in [3.05, 3.63) is 17.7 Å². The molecule has 3 N–H and O–H groups in total. The van der Waals surface area contributed by atoms with Crippen molar-refractivity contribution >= 4 is 0 Å². The lowest BCUT2D eigenvalue weighted by molar-refractivity contribution is 0.345. The van der Waals surface area contributed by atoms with Gasteiger partial charge in [0.15, 0.2) is 11.5 Å². The average molecular weight is 225 g/mol. The lowest BCUT2D eigenvalue weighted by Crippen LogP contribution is -2.34. The van der Waals surface area contributed by atoms with Crippen LogP contribution < -0.4 is 15.2 Å². The van der Waals surface area contributed by atoms with E-state index in [0.717, 1.165) is 5.56 Å². The van der Waals surface area contributed by atoms with E-state index in [1.165, 1.54) is 13.2 Å². The second kappa shape index (κ2) is 4.61. The molecule has 0 aliphatic carbocycles. The highest BCUT2D eigenvalue weighted by atomic mass is 16.5. The molecule has 0 aliphatic rings. The summed E-state index contributed by atoms with van der Waals surface area (Å²) in [4.78, 5) is 0. The Morgan fingerprint density at radius 3 is 2.31 bits per heavy atom. The number of aromatic hydroxyl groups is 1. The fourth-order valence-corrected chi connectivity index (χ4v) is 1.65. The third-order valence-corrected chi connectivity index (χ3v) is 2.19. The van der Waals surface area contributed by atoms with Crippen LogP contribution in [0.1, 0.15) is 19.4 Å². The summed E-state index contributed by atoms with van der Waals surface area (Å²) in [7, 11) is 3.11. The van der Waals surface area contributed by atoms with E-state index in [4.69, 9.17) is 15.2 Å². The van der Waals surface area contributed by atoms with Gasteiger partial charge in [-0.1, -0.05) is 0 Å². The molecule has 0 saturated heterocycles. The Morgan fingerprint density at radius 2 is 1.88 bits per heavy atom. The number of benzene rings is 1. The molecule has 0 bridgehead atoms. The van der Waals surface area contributed by atoms with Crippen LogP contribution >= 0.6 is 0 Å². The van der Waals surface area contributed by atoms with Gasteiger partial charge in [0, 0.05) is 17.2 Å². The Labute approximate surface area is 96.0 Å². The Hall–Kier alpha value is -1.42. The highest BCUT2D eigenvalue weighted by molar-refractivity contribution is 5.51. The van der Waals surface area contributed by atoms with Crippen LogP contribution in [0.2, 0.25) is 0 Å². The number of phenols is 1. The Kier molecular flexibility index (Phi) is 3.65. The number of methoxy groups -OCH3 is 2. The molecule has 0 atom stereocenters. The van der Waals surface area contributed by atoms with E-state index >= 15 is 0 Å². The first-order valence-corrected chi connectivity index (χ1v) is 5.10. The Bertz CT molecular complexity index is 369. The van der Waals surface area contributed by atoms with Crippen LogP contribution in [0, 0.1) is 0 Å². The van der Waals surface area contributed by atoms with Crippen molar-refractivity contribution in [2.24, 2.45) is 5.73 Å². The fraction of sp³-hybridized carbons (Fsp3) is 0.500. The molecule has 4 heteroatoms. The average Bonchev–Trinajstić information content (AvgIpc) is 2.14. The quantitative estimate of drug-likeness (QED) is 0.818. The van der Waals surface area contributed by atoms with Gasteiger partial charge in [0.1, 0.15) is 5.75 Å².